The minimum absolute atomic E-state index is 0.298. The van der Waals surface area contributed by atoms with Crippen LogP contribution in [0.4, 0.5) is 0 Å². The second kappa shape index (κ2) is 4.14. The summed E-state index contributed by atoms with van der Waals surface area (Å²) < 4.78 is 7.67. The smallest absolute Gasteiger partial charge is 0.161 e. The maximum atomic E-state index is 9.78. The maximum Gasteiger partial charge on any atom is 0.161 e. The molecular formula is C11H17N3O2. The predicted molar refractivity (Wildman–Crippen MR) is 56.9 cm³/mol. The van der Waals surface area contributed by atoms with Gasteiger partial charge < -0.3 is 14.4 Å². The van der Waals surface area contributed by atoms with Gasteiger partial charge in [0.25, 0.3) is 0 Å². The zero-order valence-corrected chi connectivity index (χ0v) is 9.30. The molecule has 0 amide bonds. The Labute approximate surface area is 94.4 Å². The first kappa shape index (κ1) is 10.2. The summed E-state index contributed by atoms with van der Waals surface area (Å²) in [5.41, 5.74) is 0. The van der Waals surface area contributed by atoms with Crippen molar-refractivity contribution in [2.75, 3.05) is 6.61 Å². The summed E-state index contributed by atoms with van der Waals surface area (Å²) in [6.45, 7) is 1.80. The van der Waals surface area contributed by atoms with E-state index in [0.717, 1.165) is 56.9 Å². The molecular weight excluding hydrogens is 206 g/mol. The Kier molecular flexibility index (Phi) is 2.65. The molecule has 0 radical (unpaired) electrons. The van der Waals surface area contributed by atoms with Gasteiger partial charge in [0, 0.05) is 19.6 Å². The molecule has 0 spiro atoms. The van der Waals surface area contributed by atoms with Crippen molar-refractivity contribution in [2.24, 2.45) is 0 Å². The lowest BCUT2D eigenvalue weighted by Gasteiger charge is -2.20. The second-order valence-corrected chi connectivity index (χ2v) is 4.62. The molecule has 1 fully saturated rings. The minimum Gasteiger partial charge on any atom is -0.385 e. The first-order chi connectivity index (χ1) is 7.84. The third kappa shape index (κ3) is 1.74. The molecule has 0 aromatic carbocycles. The Morgan fingerprint density at radius 1 is 1.31 bits per heavy atom. The quantitative estimate of drug-likeness (QED) is 0.806. The molecule has 0 bridgehead atoms. The van der Waals surface area contributed by atoms with Crippen LogP contribution in [0.3, 0.4) is 0 Å². The van der Waals surface area contributed by atoms with Crippen LogP contribution in [0.5, 0.6) is 0 Å². The number of aliphatic hydroxyl groups excluding tert-OH is 1. The summed E-state index contributed by atoms with van der Waals surface area (Å²) in [7, 11) is 0. The van der Waals surface area contributed by atoms with E-state index < -0.39 is 6.10 Å². The van der Waals surface area contributed by atoms with Crippen LogP contribution in [0.1, 0.15) is 43.4 Å². The number of aromatic nitrogens is 3. The van der Waals surface area contributed by atoms with Gasteiger partial charge in [0.2, 0.25) is 0 Å². The molecule has 1 aromatic rings. The summed E-state index contributed by atoms with van der Waals surface area (Å²) in [5, 5.41) is 18.1. The summed E-state index contributed by atoms with van der Waals surface area (Å²) in [4.78, 5) is 0. The van der Waals surface area contributed by atoms with E-state index in [1.807, 2.05) is 0 Å². The summed E-state index contributed by atoms with van der Waals surface area (Å²) in [5.74, 6) is 1.71. The molecule has 2 aliphatic heterocycles. The van der Waals surface area contributed by atoms with Crippen molar-refractivity contribution in [3.63, 3.8) is 0 Å². The molecule has 88 valence electrons. The number of rotatable bonds is 2. The number of hydrogen-bond donors (Lipinski definition) is 1. The summed E-state index contributed by atoms with van der Waals surface area (Å²) >= 11 is 0. The third-order valence-corrected chi connectivity index (χ3v) is 3.45. The number of hydrogen-bond acceptors (Lipinski definition) is 4. The summed E-state index contributed by atoms with van der Waals surface area (Å²) in [6, 6.07) is 0. The zero-order valence-electron chi connectivity index (χ0n) is 9.30. The molecule has 2 atom stereocenters. The van der Waals surface area contributed by atoms with Crippen LogP contribution in [0, 0.1) is 0 Å². The molecule has 5 heteroatoms. The number of aliphatic hydroxyl groups is 1. The molecule has 1 aromatic heterocycles. The van der Waals surface area contributed by atoms with E-state index in [1.165, 1.54) is 0 Å². The van der Waals surface area contributed by atoms with Crippen molar-refractivity contribution in [2.45, 2.75) is 50.9 Å². The van der Waals surface area contributed by atoms with Gasteiger partial charge in [-0.2, -0.15) is 0 Å². The molecule has 1 saturated heterocycles. The van der Waals surface area contributed by atoms with Gasteiger partial charge in [0.05, 0.1) is 6.10 Å². The molecule has 16 heavy (non-hydrogen) atoms. The van der Waals surface area contributed by atoms with Gasteiger partial charge in [-0.3, -0.25) is 0 Å². The van der Waals surface area contributed by atoms with E-state index in [9.17, 15) is 5.11 Å². The van der Waals surface area contributed by atoms with E-state index in [2.05, 4.69) is 14.8 Å². The number of ether oxygens (including phenoxy) is 1. The highest BCUT2D eigenvalue weighted by Crippen LogP contribution is 2.25. The molecule has 3 rings (SSSR count). The fraction of sp³-hybridized carbons (Fsp3) is 0.818. The largest absolute Gasteiger partial charge is 0.385 e. The van der Waals surface area contributed by atoms with Crippen LogP contribution in [0.15, 0.2) is 0 Å². The molecule has 2 aliphatic rings. The summed E-state index contributed by atoms with van der Waals surface area (Å²) in [6.07, 6.45) is 4.77. The molecule has 0 saturated carbocycles. The van der Waals surface area contributed by atoms with Crippen LogP contribution in [0.25, 0.3) is 0 Å². The topological polar surface area (TPSA) is 60.2 Å². The highest BCUT2D eigenvalue weighted by atomic mass is 16.5. The van der Waals surface area contributed by atoms with Crippen molar-refractivity contribution < 1.29 is 9.84 Å². The van der Waals surface area contributed by atoms with Gasteiger partial charge in [0.1, 0.15) is 11.9 Å². The van der Waals surface area contributed by atoms with Crippen molar-refractivity contribution in [1.82, 2.24) is 14.8 Å². The highest BCUT2D eigenvalue weighted by molar-refractivity contribution is 5.03. The van der Waals surface area contributed by atoms with E-state index in [4.69, 9.17) is 4.74 Å². The Morgan fingerprint density at radius 2 is 2.25 bits per heavy atom. The Morgan fingerprint density at radius 3 is 3.06 bits per heavy atom. The molecule has 3 heterocycles. The lowest BCUT2D eigenvalue weighted by atomic mass is 10.1. The van der Waals surface area contributed by atoms with E-state index in [0.29, 0.717) is 6.10 Å². The minimum atomic E-state index is -0.431. The zero-order chi connectivity index (χ0) is 11.0. The van der Waals surface area contributed by atoms with Crippen LogP contribution < -0.4 is 0 Å². The van der Waals surface area contributed by atoms with E-state index in [-0.39, 0.29) is 0 Å². The van der Waals surface area contributed by atoms with Crippen molar-refractivity contribution in [3.05, 3.63) is 11.6 Å². The Hall–Kier alpha value is -0.940. The lowest BCUT2D eigenvalue weighted by molar-refractivity contribution is 0.107. The lowest BCUT2D eigenvalue weighted by Crippen LogP contribution is -2.20. The van der Waals surface area contributed by atoms with E-state index >= 15 is 0 Å². The van der Waals surface area contributed by atoms with Crippen molar-refractivity contribution >= 4 is 0 Å². The number of fused-ring (bicyclic) bond motifs is 1. The normalized spacial score (nSPS) is 29.3. The van der Waals surface area contributed by atoms with Crippen molar-refractivity contribution in [1.29, 1.82) is 0 Å². The fourth-order valence-corrected chi connectivity index (χ4v) is 2.57. The van der Waals surface area contributed by atoms with Crippen LogP contribution in [-0.4, -0.2) is 32.6 Å². The van der Waals surface area contributed by atoms with Gasteiger partial charge in [-0.25, -0.2) is 0 Å². The van der Waals surface area contributed by atoms with Crippen LogP contribution in [-0.2, 0) is 17.7 Å². The third-order valence-electron chi connectivity index (χ3n) is 3.45. The van der Waals surface area contributed by atoms with Gasteiger partial charge in [-0.15, -0.1) is 10.2 Å². The molecule has 5 nitrogen and oxygen atoms in total. The van der Waals surface area contributed by atoms with Gasteiger partial charge >= 0.3 is 0 Å². The van der Waals surface area contributed by atoms with Gasteiger partial charge in [0.15, 0.2) is 5.82 Å². The monoisotopic (exact) mass is 223 g/mol. The Balaban J connectivity index is 1.79. The maximum absolute atomic E-state index is 9.78. The molecule has 0 aliphatic carbocycles. The van der Waals surface area contributed by atoms with E-state index in [1.54, 1.807) is 0 Å². The van der Waals surface area contributed by atoms with Crippen LogP contribution in [0.2, 0.25) is 0 Å². The van der Waals surface area contributed by atoms with Gasteiger partial charge in [-0.1, -0.05) is 0 Å². The number of nitrogens with zero attached hydrogens (tertiary/aromatic N) is 3. The SMILES string of the molecule is OC1CCCn2c(CC3CCCO3)nnc21. The Bertz CT molecular complexity index is 371. The first-order valence-electron chi connectivity index (χ1n) is 6.06. The molecule has 1 N–H and O–H groups in total. The first-order valence-corrected chi connectivity index (χ1v) is 6.06. The second-order valence-electron chi connectivity index (χ2n) is 4.62. The highest BCUT2D eigenvalue weighted by Gasteiger charge is 2.25. The molecule has 2 unspecified atom stereocenters. The van der Waals surface area contributed by atoms with Gasteiger partial charge in [-0.05, 0) is 25.7 Å². The van der Waals surface area contributed by atoms with Crippen molar-refractivity contribution in [3.8, 4) is 0 Å². The average Bonchev–Trinajstić information content (AvgIpc) is 2.90. The van der Waals surface area contributed by atoms with Crippen LogP contribution >= 0.6 is 0 Å². The predicted octanol–water partition coefficient (Wildman–Crippen LogP) is 0.827. The fourth-order valence-electron chi connectivity index (χ4n) is 2.57. The average molecular weight is 223 g/mol. The standard InChI is InChI=1S/C11H17N3O2/c15-9-4-1-5-14-10(12-13-11(9)14)7-8-3-2-6-16-8/h8-9,15H,1-7H2.